The number of benzene rings is 1. The van der Waals surface area contributed by atoms with Crippen molar-refractivity contribution in [2.45, 2.75) is 61.7 Å². The van der Waals surface area contributed by atoms with Gasteiger partial charge in [-0.2, -0.15) is 10.1 Å². The monoisotopic (exact) mass is 550 g/mol. The van der Waals surface area contributed by atoms with Gasteiger partial charge in [0, 0.05) is 47.2 Å². The summed E-state index contributed by atoms with van der Waals surface area (Å²) in [6.07, 6.45) is 7.52. The average Bonchev–Trinajstić information content (AvgIpc) is 3.52. The number of rotatable bonds is 5. The Hall–Kier alpha value is -2.79. The fourth-order valence-corrected chi connectivity index (χ4v) is 6.45. The lowest BCUT2D eigenvalue weighted by atomic mass is 9.73. The molecule has 9 nitrogen and oxygen atoms in total. The molecule has 2 aliphatic heterocycles. The Morgan fingerprint density at radius 2 is 1.95 bits per heavy atom. The topological polar surface area (TPSA) is 108 Å². The van der Waals surface area contributed by atoms with Gasteiger partial charge in [0.1, 0.15) is 10.5 Å². The van der Waals surface area contributed by atoms with Crippen molar-refractivity contribution in [2.75, 3.05) is 24.6 Å². The summed E-state index contributed by atoms with van der Waals surface area (Å²) in [6, 6.07) is 8.29. The van der Waals surface area contributed by atoms with Crippen LogP contribution in [0.15, 0.2) is 52.8 Å². The molecular weight excluding hydrogens is 520 g/mol. The Labute approximate surface area is 231 Å². The standard InChI is InChI=1S/C27H31ClN8OS/c1-16(2)36-10-7-19(34-36)18-5-4-6-21(23(18)28)38-22-14-30-25-20(32-22)13-31-26(33-25)35-11-8-27(9-12-35)15-37-17(3)24(27)29/h4-7,10,13-14,16-17,24H,8-9,11-12,15,29H2,1-3H3/t17-,24+/m0/s1. The van der Waals surface area contributed by atoms with E-state index in [0.29, 0.717) is 22.1 Å². The summed E-state index contributed by atoms with van der Waals surface area (Å²) in [7, 11) is 0. The van der Waals surface area contributed by atoms with Crippen molar-refractivity contribution in [1.82, 2.24) is 29.7 Å². The van der Waals surface area contributed by atoms with E-state index < -0.39 is 0 Å². The minimum Gasteiger partial charge on any atom is -0.376 e. The Morgan fingerprint density at radius 1 is 1.13 bits per heavy atom. The van der Waals surface area contributed by atoms with E-state index >= 15 is 0 Å². The highest BCUT2D eigenvalue weighted by molar-refractivity contribution is 7.99. The summed E-state index contributed by atoms with van der Waals surface area (Å²) < 4.78 is 7.77. The third kappa shape index (κ3) is 4.64. The molecular formula is C27H31ClN8OS. The van der Waals surface area contributed by atoms with Crippen LogP contribution >= 0.6 is 23.4 Å². The molecule has 0 saturated carbocycles. The van der Waals surface area contributed by atoms with E-state index in [1.807, 2.05) is 35.1 Å². The fraction of sp³-hybridized carbons (Fsp3) is 0.444. The van der Waals surface area contributed by atoms with Crippen molar-refractivity contribution < 1.29 is 4.74 Å². The molecule has 198 valence electrons. The number of aromatic nitrogens is 6. The van der Waals surface area contributed by atoms with Crippen LogP contribution in [0.5, 0.6) is 0 Å². The summed E-state index contributed by atoms with van der Waals surface area (Å²) in [4.78, 5) is 21.8. The number of ether oxygens (including phenoxy) is 1. The Morgan fingerprint density at radius 3 is 2.66 bits per heavy atom. The van der Waals surface area contributed by atoms with Gasteiger partial charge >= 0.3 is 0 Å². The highest BCUT2D eigenvalue weighted by Gasteiger charge is 2.47. The first-order chi connectivity index (χ1) is 18.3. The third-order valence-electron chi connectivity index (χ3n) is 7.75. The lowest BCUT2D eigenvalue weighted by Gasteiger charge is -2.41. The van der Waals surface area contributed by atoms with Crippen LogP contribution in [0.3, 0.4) is 0 Å². The summed E-state index contributed by atoms with van der Waals surface area (Å²) in [5.41, 5.74) is 9.49. The van der Waals surface area contributed by atoms with E-state index in [9.17, 15) is 0 Å². The molecule has 4 aromatic rings. The van der Waals surface area contributed by atoms with Gasteiger partial charge in [-0.05, 0) is 45.7 Å². The van der Waals surface area contributed by atoms with Crippen LogP contribution in [0.4, 0.5) is 5.95 Å². The SMILES string of the molecule is CC(C)n1ccc(-c2cccc(Sc3cnc4nc(N5CCC6(CC5)CO[C@@H](C)[C@H]6N)ncc4n3)c2Cl)n1. The van der Waals surface area contributed by atoms with Gasteiger partial charge in [-0.1, -0.05) is 35.5 Å². The van der Waals surface area contributed by atoms with Gasteiger partial charge in [-0.25, -0.2) is 15.0 Å². The summed E-state index contributed by atoms with van der Waals surface area (Å²) in [6.45, 7) is 8.69. The molecule has 38 heavy (non-hydrogen) atoms. The second-order valence-electron chi connectivity index (χ2n) is 10.5. The molecule has 0 amide bonds. The fourth-order valence-electron chi connectivity index (χ4n) is 5.29. The summed E-state index contributed by atoms with van der Waals surface area (Å²) >= 11 is 8.27. The number of fused-ring (bicyclic) bond motifs is 1. The van der Waals surface area contributed by atoms with Crippen molar-refractivity contribution in [2.24, 2.45) is 11.1 Å². The molecule has 5 heterocycles. The van der Waals surface area contributed by atoms with Crippen molar-refractivity contribution in [1.29, 1.82) is 0 Å². The third-order valence-corrected chi connectivity index (χ3v) is 9.23. The zero-order valence-electron chi connectivity index (χ0n) is 21.7. The normalized spacial score (nSPS) is 21.2. The van der Waals surface area contributed by atoms with E-state index in [0.717, 1.165) is 53.7 Å². The van der Waals surface area contributed by atoms with Gasteiger partial charge in [0.05, 0.1) is 35.8 Å². The number of hydrogen-bond acceptors (Lipinski definition) is 9. The molecule has 1 aromatic carbocycles. The quantitative estimate of drug-likeness (QED) is 0.367. The lowest BCUT2D eigenvalue weighted by Crippen LogP contribution is -2.50. The molecule has 2 N–H and O–H groups in total. The van der Waals surface area contributed by atoms with Crippen molar-refractivity contribution in [3.8, 4) is 11.3 Å². The minimum absolute atomic E-state index is 0.0612. The van der Waals surface area contributed by atoms with Gasteiger partial charge in [-0.3, -0.25) is 4.68 Å². The molecule has 2 aliphatic rings. The molecule has 2 atom stereocenters. The molecule has 11 heteroatoms. The first kappa shape index (κ1) is 25.5. The number of anilines is 1. The predicted octanol–water partition coefficient (Wildman–Crippen LogP) is 5.00. The highest BCUT2D eigenvalue weighted by Crippen LogP contribution is 2.42. The zero-order chi connectivity index (χ0) is 26.4. The number of halogens is 1. The van der Waals surface area contributed by atoms with E-state index in [1.165, 1.54) is 11.8 Å². The average molecular weight is 551 g/mol. The van der Waals surface area contributed by atoms with Crippen molar-refractivity contribution >= 4 is 40.5 Å². The van der Waals surface area contributed by atoms with Crippen molar-refractivity contribution in [3.63, 3.8) is 0 Å². The van der Waals surface area contributed by atoms with Gasteiger partial charge in [0.25, 0.3) is 0 Å². The lowest BCUT2D eigenvalue weighted by molar-refractivity contribution is 0.0973. The molecule has 1 spiro atoms. The summed E-state index contributed by atoms with van der Waals surface area (Å²) in [5.74, 6) is 0.680. The van der Waals surface area contributed by atoms with Crippen LogP contribution in [0.25, 0.3) is 22.4 Å². The smallest absolute Gasteiger partial charge is 0.227 e. The maximum absolute atomic E-state index is 6.80. The number of nitrogens with zero attached hydrogens (tertiary/aromatic N) is 7. The molecule has 2 fully saturated rings. The highest BCUT2D eigenvalue weighted by atomic mass is 35.5. The Kier molecular flexibility index (Phi) is 6.75. The maximum Gasteiger partial charge on any atom is 0.227 e. The predicted molar refractivity (Wildman–Crippen MR) is 150 cm³/mol. The second-order valence-corrected chi connectivity index (χ2v) is 11.9. The van der Waals surface area contributed by atoms with E-state index in [-0.39, 0.29) is 23.6 Å². The van der Waals surface area contributed by atoms with E-state index in [4.69, 9.17) is 32.0 Å². The van der Waals surface area contributed by atoms with Crippen LogP contribution in [-0.2, 0) is 4.74 Å². The molecule has 0 bridgehead atoms. The maximum atomic E-state index is 6.80. The molecule has 2 saturated heterocycles. The molecule has 3 aromatic heterocycles. The van der Waals surface area contributed by atoms with Gasteiger partial charge in [0.2, 0.25) is 5.95 Å². The largest absolute Gasteiger partial charge is 0.376 e. The zero-order valence-corrected chi connectivity index (χ0v) is 23.3. The molecule has 0 unspecified atom stereocenters. The molecule has 0 aliphatic carbocycles. The van der Waals surface area contributed by atoms with Gasteiger partial charge < -0.3 is 15.4 Å². The Bertz CT molecular complexity index is 1470. The van der Waals surface area contributed by atoms with Crippen molar-refractivity contribution in [3.05, 3.63) is 47.9 Å². The van der Waals surface area contributed by atoms with E-state index in [2.05, 4.69) is 40.7 Å². The minimum atomic E-state index is 0.0612. The first-order valence-electron chi connectivity index (χ1n) is 13.0. The number of piperidine rings is 1. The second kappa shape index (κ2) is 10.1. The Balaban J connectivity index is 1.18. The number of nitrogens with two attached hydrogens (primary N) is 1. The first-order valence-corrected chi connectivity index (χ1v) is 14.2. The summed E-state index contributed by atoms with van der Waals surface area (Å²) in [5, 5.41) is 6.04. The van der Waals surface area contributed by atoms with Crippen LogP contribution in [0, 0.1) is 5.41 Å². The van der Waals surface area contributed by atoms with Crippen LogP contribution in [0.2, 0.25) is 5.02 Å². The van der Waals surface area contributed by atoms with Gasteiger partial charge in [0.15, 0.2) is 5.65 Å². The van der Waals surface area contributed by atoms with Crippen LogP contribution < -0.4 is 10.6 Å². The number of hydrogen-bond donors (Lipinski definition) is 1. The molecule has 6 rings (SSSR count). The van der Waals surface area contributed by atoms with Crippen LogP contribution in [-0.4, -0.2) is 61.6 Å². The van der Waals surface area contributed by atoms with E-state index in [1.54, 1.807) is 12.4 Å². The van der Waals surface area contributed by atoms with Gasteiger partial charge in [-0.15, -0.1) is 0 Å². The van der Waals surface area contributed by atoms with Crippen LogP contribution in [0.1, 0.15) is 39.7 Å². The molecule has 0 radical (unpaired) electrons.